The van der Waals surface area contributed by atoms with Crippen LogP contribution in [0.25, 0.3) is 0 Å². The first-order chi connectivity index (χ1) is 5.60. The fourth-order valence-corrected chi connectivity index (χ4v) is 1.61. The van der Waals surface area contributed by atoms with Crippen LogP contribution in [-0.2, 0) is 5.41 Å². The Morgan fingerprint density at radius 2 is 2.33 bits per heavy atom. The van der Waals surface area contributed by atoms with Crippen LogP contribution in [0.4, 0.5) is 0 Å². The van der Waals surface area contributed by atoms with Gasteiger partial charge in [-0.25, -0.2) is 4.98 Å². The molecule has 0 saturated heterocycles. The molecule has 1 aromatic heterocycles. The van der Waals surface area contributed by atoms with Gasteiger partial charge >= 0.3 is 0 Å². The summed E-state index contributed by atoms with van der Waals surface area (Å²) in [6, 6.07) is 0. The van der Waals surface area contributed by atoms with E-state index in [1.807, 2.05) is 6.20 Å². The van der Waals surface area contributed by atoms with E-state index >= 15 is 0 Å². The van der Waals surface area contributed by atoms with Crippen LogP contribution >= 0.6 is 11.3 Å². The molecule has 0 unspecified atom stereocenters. The summed E-state index contributed by atoms with van der Waals surface area (Å²) in [7, 11) is 1.62. The molecule has 0 aliphatic rings. The predicted octanol–water partition coefficient (Wildman–Crippen LogP) is 1.39. The normalized spacial score (nSPS) is 11.7. The summed E-state index contributed by atoms with van der Waals surface area (Å²) in [4.78, 5) is 5.26. The van der Waals surface area contributed by atoms with E-state index in [2.05, 4.69) is 18.8 Å². The maximum Gasteiger partial charge on any atom is 0.273 e. The smallest absolute Gasteiger partial charge is 0.273 e. The third kappa shape index (κ3) is 1.76. The molecule has 0 amide bonds. The van der Waals surface area contributed by atoms with E-state index in [0.717, 1.165) is 0 Å². The van der Waals surface area contributed by atoms with Gasteiger partial charge in [0.25, 0.3) is 5.19 Å². The van der Waals surface area contributed by atoms with Crippen LogP contribution in [0.5, 0.6) is 5.19 Å². The predicted molar refractivity (Wildman–Crippen MR) is 50.7 cm³/mol. The molecule has 2 N–H and O–H groups in total. The highest BCUT2D eigenvalue weighted by atomic mass is 32.1. The zero-order chi connectivity index (χ0) is 9.19. The molecule has 4 heteroatoms. The number of methoxy groups -OCH3 is 1. The molecule has 0 aliphatic carbocycles. The highest BCUT2D eigenvalue weighted by Gasteiger charge is 2.21. The van der Waals surface area contributed by atoms with Gasteiger partial charge in [0, 0.05) is 23.0 Å². The molecule has 68 valence electrons. The minimum absolute atomic E-state index is 0.00838. The fourth-order valence-electron chi connectivity index (χ4n) is 0.766. The molecule has 0 radical (unpaired) electrons. The Bertz CT molecular complexity index is 257. The van der Waals surface area contributed by atoms with Gasteiger partial charge in [0.05, 0.1) is 7.11 Å². The van der Waals surface area contributed by atoms with Gasteiger partial charge in [-0.2, -0.15) is 0 Å². The molecule has 0 aliphatic heterocycles. The Morgan fingerprint density at radius 3 is 2.75 bits per heavy atom. The second-order valence-corrected chi connectivity index (χ2v) is 4.28. The molecular formula is C8H14N2OS. The number of aromatic nitrogens is 1. The maximum absolute atomic E-state index is 5.63. The third-order valence-electron chi connectivity index (χ3n) is 1.84. The van der Waals surface area contributed by atoms with Crippen LogP contribution in [-0.4, -0.2) is 18.6 Å². The first-order valence-corrected chi connectivity index (χ1v) is 4.62. The topological polar surface area (TPSA) is 48.1 Å². The minimum atomic E-state index is 0.00838. The molecule has 0 saturated carbocycles. The zero-order valence-electron chi connectivity index (χ0n) is 7.63. The van der Waals surface area contributed by atoms with Crippen LogP contribution in [0.15, 0.2) is 6.20 Å². The van der Waals surface area contributed by atoms with Gasteiger partial charge < -0.3 is 10.5 Å². The van der Waals surface area contributed by atoms with Crippen molar-refractivity contribution < 1.29 is 4.74 Å². The SMILES string of the molecule is COc1ncc(C(C)(C)CN)s1. The molecule has 12 heavy (non-hydrogen) atoms. The standard InChI is InChI=1S/C8H14N2OS/c1-8(2,5-9)6-4-10-7(11-3)12-6/h4H,5,9H2,1-3H3. The summed E-state index contributed by atoms with van der Waals surface area (Å²) in [5.74, 6) is 0. The summed E-state index contributed by atoms with van der Waals surface area (Å²) in [6.07, 6.45) is 1.83. The van der Waals surface area contributed by atoms with Crippen molar-refractivity contribution in [1.29, 1.82) is 0 Å². The van der Waals surface area contributed by atoms with Gasteiger partial charge in [0.2, 0.25) is 0 Å². The number of nitrogens with zero attached hydrogens (tertiary/aromatic N) is 1. The number of nitrogens with two attached hydrogens (primary N) is 1. The first-order valence-electron chi connectivity index (χ1n) is 3.80. The second kappa shape index (κ2) is 3.41. The summed E-state index contributed by atoms with van der Waals surface area (Å²) < 4.78 is 5.00. The van der Waals surface area contributed by atoms with Crippen molar-refractivity contribution in [2.24, 2.45) is 5.73 Å². The van der Waals surface area contributed by atoms with Crippen LogP contribution < -0.4 is 10.5 Å². The van der Waals surface area contributed by atoms with Crippen LogP contribution in [0, 0.1) is 0 Å². The lowest BCUT2D eigenvalue weighted by Crippen LogP contribution is -2.26. The number of rotatable bonds is 3. The Hall–Kier alpha value is -0.610. The summed E-state index contributed by atoms with van der Waals surface area (Å²) in [6.45, 7) is 4.82. The molecule has 1 aromatic rings. The van der Waals surface area contributed by atoms with Crippen molar-refractivity contribution >= 4 is 11.3 Å². The van der Waals surface area contributed by atoms with Crippen LogP contribution in [0.3, 0.4) is 0 Å². The largest absolute Gasteiger partial charge is 0.473 e. The highest BCUT2D eigenvalue weighted by molar-refractivity contribution is 7.13. The number of hydrogen-bond acceptors (Lipinski definition) is 4. The van der Waals surface area contributed by atoms with E-state index < -0.39 is 0 Å². The van der Waals surface area contributed by atoms with Crippen molar-refractivity contribution in [2.75, 3.05) is 13.7 Å². The van der Waals surface area contributed by atoms with E-state index in [1.165, 1.54) is 4.88 Å². The molecular weight excluding hydrogens is 172 g/mol. The molecule has 1 heterocycles. The Morgan fingerprint density at radius 1 is 1.67 bits per heavy atom. The van der Waals surface area contributed by atoms with Crippen LogP contribution in [0.2, 0.25) is 0 Å². The van der Waals surface area contributed by atoms with Crippen molar-refractivity contribution in [3.8, 4) is 5.19 Å². The van der Waals surface area contributed by atoms with Crippen molar-refractivity contribution in [3.05, 3.63) is 11.1 Å². The summed E-state index contributed by atoms with van der Waals surface area (Å²) in [5, 5.41) is 0.700. The average molecular weight is 186 g/mol. The van der Waals surface area contributed by atoms with Crippen molar-refractivity contribution in [1.82, 2.24) is 4.98 Å². The fraction of sp³-hybridized carbons (Fsp3) is 0.625. The minimum Gasteiger partial charge on any atom is -0.473 e. The lowest BCUT2D eigenvalue weighted by molar-refractivity contribution is 0.412. The third-order valence-corrected chi connectivity index (χ3v) is 3.16. The van der Waals surface area contributed by atoms with E-state index in [0.29, 0.717) is 11.7 Å². The Labute approximate surface area is 76.6 Å². The van der Waals surface area contributed by atoms with Gasteiger partial charge in [0.1, 0.15) is 0 Å². The molecule has 0 atom stereocenters. The quantitative estimate of drug-likeness (QED) is 0.776. The Balaban J connectivity index is 2.88. The summed E-state index contributed by atoms with van der Waals surface area (Å²) >= 11 is 1.55. The molecule has 3 nitrogen and oxygen atoms in total. The lowest BCUT2D eigenvalue weighted by Gasteiger charge is -2.19. The van der Waals surface area contributed by atoms with Gasteiger partial charge in [-0.15, -0.1) is 0 Å². The van der Waals surface area contributed by atoms with Gasteiger partial charge in [-0.05, 0) is 0 Å². The number of hydrogen-bond donors (Lipinski definition) is 1. The van der Waals surface area contributed by atoms with E-state index in [1.54, 1.807) is 18.4 Å². The monoisotopic (exact) mass is 186 g/mol. The average Bonchev–Trinajstić information content (AvgIpc) is 2.52. The molecule has 0 fully saturated rings. The molecule has 0 spiro atoms. The van der Waals surface area contributed by atoms with E-state index in [9.17, 15) is 0 Å². The van der Waals surface area contributed by atoms with Crippen molar-refractivity contribution in [2.45, 2.75) is 19.3 Å². The zero-order valence-corrected chi connectivity index (χ0v) is 8.44. The van der Waals surface area contributed by atoms with Gasteiger partial charge in [0.15, 0.2) is 0 Å². The van der Waals surface area contributed by atoms with Crippen molar-refractivity contribution in [3.63, 3.8) is 0 Å². The molecule has 0 aromatic carbocycles. The molecule has 0 bridgehead atoms. The summed E-state index contributed by atoms with van der Waals surface area (Å²) in [5.41, 5.74) is 5.64. The van der Waals surface area contributed by atoms with Gasteiger partial charge in [-0.3, -0.25) is 0 Å². The van der Waals surface area contributed by atoms with E-state index in [4.69, 9.17) is 10.5 Å². The first kappa shape index (κ1) is 9.48. The van der Waals surface area contributed by atoms with Gasteiger partial charge in [-0.1, -0.05) is 25.2 Å². The van der Waals surface area contributed by atoms with E-state index in [-0.39, 0.29) is 5.41 Å². The second-order valence-electron chi connectivity index (χ2n) is 3.28. The lowest BCUT2D eigenvalue weighted by atomic mass is 9.93. The number of ether oxygens (including phenoxy) is 1. The number of thiazole rings is 1. The molecule has 1 rings (SSSR count). The Kier molecular flexibility index (Phi) is 2.69. The van der Waals surface area contributed by atoms with Crippen LogP contribution in [0.1, 0.15) is 18.7 Å². The highest BCUT2D eigenvalue weighted by Crippen LogP contribution is 2.30. The maximum atomic E-state index is 5.63.